The monoisotopic (exact) mass is 390 g/mol. The third kappa shape index (κ3) is 5.32. The van der Waals surface area contributed by atoms with Gasteiger partial charge in [-0.15, -0.1) is 0 Å². The van der Waals surface area contributed by atoms with E-state index in [-0.39, 0.29) is 11.8 Å². The Kier molecular flexibility index (Phi) is 6.09. The van der Waals surface area contributed by atoms with Gasteiger partial charge in [-0.3, -0.25) is 9.59 Å². The second-order valence-electron chi connectivity index (χ2n) is 6.47. The zero-order valence-corrected chi connectivity index (χ0v) is 16.4. The first-order valence-corrected chi connectivity index (χ1v) is 9.01. The van der Waals surface area contributed by atoms with Crippen LogP contribution in [-0.4, -0.2) is 23.9 Å². The molecule has 1 aromatic heterocycles. The molecule has 7 heteroatoms. The van der Waals surface area contributed by atoms with Crippen molar-refractivity contribution in [2.45, 2.75) is 13.8 Å². The number of nitrogens with zero attached hydrogens (tertiary/aromatic N) is 1. The molecule has 0 atom stereocenters. The fraction of sp³-hybridized carbons (Fsp3) is 0.136. The molecule has 7 nitrogen and oxygen atoms in total. The number of pyridine rings is 1. The van der Waals surface area contributed by atoms with Crippen molar-refractivity contribution in [2.24, 2.45) is 0 Å². The van der Waals surface area contributed by atoms with E-state index in [1.165, 1.54) is 13.1 Å². The minimum Gasteiger partial charge on any atom is -0.495 e. The van der Waals surface area contributed by atoms with Crippen LogP contribution >= 0.6 is 0 Å². The summed E-state index contributed by atoms with van der Waals surface area (Å²) >= 11 is 0. The summed E-state index contributed by atoms with van der Waals surface area (Å²) in [4.78, 5) is 27.8. The van der Waals surface area contributed by atoms with E-state index < -0.39 is 0 Å². The Balaban J connectivity index is 1.66. The van der Waals surface area contributed by atoms with E-state index in [4.69, 9.17) is 4.74 Å². The van der Waals surface area contributed by atoms with Gasteiger partial charge in [0.1, 0.15) is 11.6 Å². The molecule has 0 aliphatic heterocycles. The van der Waals surface area contributed by atoms with E-state index in [2.05, 4.69) is 20.9 Å². The summed E-state index contributed by atoms with van der Waals surface area (Å²) < 4.78 is 5.35. The molecule has 0 unspecified atom stereocenters. The topological polar surface area (TPSA) is 92.4 Å². The predicted molar refractivity (Wildman–Crippen MR) is 114 cm³/mol. The molecule has 0 aliphatic carbocycles. The van der Waals surface area contributed by atoms with Crippen LogP contribution in [0.4, 0.5) is 22.9 Å². The SMILES string of the molecule is COc1ccc(C)cc1Nc1ccc(C(=O)Nc2ccc(NC(C)=O)cc2)cn1. The highest BCUT2D eigenvalue weighted by Crippen LogP contribution is 2.28. The lowest BCUT2D eigenvalue weighted by atomic mass is 10.2. The molecular weight excluding hydrogens is 368 g/mol. The van der Waals surface area contributed by atoms with Crippen LogP contribution in [0.15, 0.2) is 60.8 Å². The Morgan fingerprint density at radius 2 is 1.62 bits per heavy atom. The van der Waals surface area contributed by atoms with Crippen molar-refractivity contribution in [1.29, 1.82) is 0 Å². The van der Waals surface area contributed by atoms with E-state index >= 15 is 0 Å². The molecule has 3 N–H and O–H groups in total. The summed E-state index contributed by atoms with van der Waals surface area (Å²) in [6.45, 7) is 3.43. The summed E-state index contributed by atoms with van der Waals surface area (Å²) in [5.41, 5.74) is 3.61. The average Bonchev–Trinajstić information content (AvgIpc) is 2.70. The first-order valence-electron chi connectivity index (χ1n) is 9.01. The summed E-state index contributed by atoms with van der Waals surface area (Å²) in [7, 11) is 1.61. The molecule has 0 fully saturated rings. The second kappa shape index (κ2) is 8.88. The third-order valence-corrected chi connectivity index (χ3v) is 4.11. The number of amides is 2. The van der Waals surface area contributed by atoms with Crippen molar-refractivity contribution >= 4 is 34.7 Å². The van der Waals surface area contributed by atoms with E-state index in [1.54, 1.807) is 43.5 Å². The minimum atomic E-state index is -0.274. The molecule has 29 heavy (non-hydrogen) atoms. The highest BCUT2D eigenvalue weighted by atomic mass is 16.5. The molecular formula is C22H22N4O3. The molecule has 0 radical (unpaired) electrons. The van der Waals surface area contributed by atoms with E-state index in [0.29, 0.717) is 28.5 Å². The maximum Gasteiger partial charge on any atom is 0.257 e. The Morgan fingerprint density at radius 3 is 2.21 bits per heavy atom. The number of hydrogen-bond acceptors (Lipinski definition) is 5. The lowest BCUT2D eigenvalue weighted by Crippen LogP contribution is -2.12. The van der Waals surface area contributed by atoms with Crippen LogP contribution in [-0.2, 0) is 4.79 Å². The number of anilines is 4. The number of rotatable bonds is 6. The zero-order valence-electron chi connectivity index (χ0n) is 16.4. The summed E-state index contributed by atoms with van der Waals surface area (Å²) in [6.07, 6.45) is 1.51. The van der Waals surface area contributed by atoms with Gasteiger partial charge < -0.3 is 20.7 Å². The molecule has 2 aromatic carbocycles. The largest absolute Gasteiger partial charge is 0.495 e. The highest BCUT2D eigenvalue weighted by Gasteiger charge is 2.09. The fourth-order valence-corrected chi connectivity index (χ4v) is 2.70. The van der Waals surface area contributed by atoms with Crippen LogP contribution in [0.2, 0.25) is 0 Å². The molecule has 148 valence electrons. The predicted octanol–water partition coefficient (Wildman–Crippen LogP) is 4.35. The van der Waals surface area contributed by atoms with Crippen molar-refractivity contribution in [1.82, 2.24) is 4.98 Å². The highest BCUT2D eigenvalue weighted by molar-refractivity contribution is 6.04. The van der Waals surface area contributed by atoms with Crippen molar-refractivity contribution in [2.75, 3.05) is 23.1 Å². The third-order valence-electron chi connectivity index (χ3n) is 4.11. The standard InChI is InChI=1S/C22H22N4O3/c1-14-4-10-20(29-3)19(12-14)26-21-11-5-16(13-23-21)22(28)25-18-8-6-17(7-9-18)24-15(2)27/h4-13H,1-3H3,(H,23,26)(H,24,27)(H,25,28). The van der Waals surface area contributed by atoms with Gasteiger partial charge in [-0.05, 0) is 61.0 Å². The number of aryl methyl sites for hydroxylation is 1. The molecule has 3 aromatic rings. The van der Waals surface area contributed by atoms with Crippen LogP contribution in [0.3, 0.4) is 0 Å². The van der Waals surface area contributed by atoms with Crippen molar-refractivity contribution < 1.29 is 14.3 Å². The van der Waals surface area contributed by atoms with Crippen LogP contribution in [0.5, 0.6) is 5.75 Å². The van der Waals surface area contributed by atoms with Gasteiger partial charge in [0.25, 0.3) is 5.91 Å². The molecule has 1 heterocycles. The van der Waals surface area contributed by atoms with Crippen molar-refractivity contribution in [3.8, 4) is 5.75 Å². The van der Waals surface area contributed by atoms with Gasteiger partial charge in [0.15, 0.2) is 0 Å². The number of carbonyl (C=O) groups is 2. The summed E-state index contributed by atoms with van der Waals surface area (Å²) in [5, 5.41) is 8.68. The van der Waals surface area contributed by atoms with Gasteiger partial charge in [0.05, 0.1) is 18.4 Å². The van der Waals surface area contributed by atoms with Crippen molar-refractivity contribution in [3.05, 3.63) is 71.9 Å². The molecule has 3 rings (SSSR count). The molecule has 0 saturated heterocycles. The fourth-order valence-electron chi connectivity index (χ4n) is 2.70. The van der Waals surface area contributed by atoms with Crippen LogP contribution in [0.1, 0.15) is 22.8 Å². The molecule has 0 saturated carbocycles. The summed E-state index contributed by atoms with van der Waals surface area (Å²) in [6, 6.07) is 16.1. The van der Waals surface area contributed by atoms with Gasteiger partial charge in [0, 0.05) is 24.5 Å². The maximum atomic E-state index is 12.4. The second-order valence-corrected chi connectivity index (χ2v) is 6.47. The Labute approximate surface area is 169 Å². The number of aromatic nitrogens is 1. The van der Waals surface area contributed by atoms with Crippen LogP contribution in [0.25, 0.3) is 0 Å². The molecule has 0 aliphatic rings. The normalized spacial score (nSPS) is 10.2. The smallest absolute Gasteiger partial charge is 0.257 e. The molecule has 0 bridgehead atoms. The van der Waals surface area contributed by atoms with Gasteiger partial charge in [-0.25, -0.2) is 4.98 Å². The first-order chi connectivity index (χ1) is 13.9. The van der Waals surface area contributed by atoms with E-state index in [0.717, 1.165) is 11.3 Å². The Morgan fingerprint density at radius 1 is 0.931 bits per heavy atom. The molecule has 0 spiro atoms. The zero-order chi connectivity index (χ0) is 20.8. The van der Waals surface area contributed by atoms with Crippen LogP contribution < -0.4 is 20.7 Å². The van der Waals surface area contributed by atoms with Gasteiger partial charge in [0.2, 0.25) is 5.91 Å². The van der Waals surface area contributed by atoms with Crippen molar-refractivity contribution in [3.63, 3.8) is 0 Å². The quantitative estimate of drug-likeness (QED) is 0.582. The van der Waals surface area contributed by atoms with Gasteiger partial charge in [-0.2, -0.15) is 0 Å². The number of hydrogen-bond donors (Lipinski definition) is 3. The molecule has 2 amide bonds. The lowest BCUT2D eigenvalue weighted by molar-refractivity contribution is -0.114. The number of ether oxygens (including phenoxy) is 1. The number of nitrogens with one attached hydrogen (secondary N) is 3. The van der Waals surface area contributed by atoms with Crippen LogP contribution in [0, 0.1) is 6.92 Å². The Bertz CT molecular complexity index is 1020. The number of benzene rings is 2. The first kappa shape index (κ1) is 19.9. The van der Waals surface area contributed by atoms with E-state index in [9.17, 15) is 9.59 Å². The van der Waals surface area contributed by atoms with E-state index in [1.807, 2.05) is 25.1 Å². The minimum absolute atomic E-state index is 0.148. The van der Waals surface area contributed by atoms with Gasteiger partial charge >= 0.3 is 0 Å². The number of carbonyl (C=O) groups excluding carboxylic acids is 2. The summed E-state index contributed by atoms with van der Waals surface area (Å²) in [5.74, 6) is 0.890. The average molecular weight is 390 g/mol. The Hall–Kier alpha value is -3.87. The lowest BCUT2D eigenvalue weighted by Gasteiger charge is -2.12. The maximum absolute atomic E-state index is 12.4. The van der Waals surface area contributed by atoms with Gasteiger partial charge in [-0.1, -0.05) is 6.07 Å². The number of methoxy groups -OCH3 is 1.